The van der Waals surface area contributed by atoms with Crippen molar-refractivity contribution in [3.8, 4) is 0 Å². The summed E-state index contributed by atoms with van der Waals surface area (Å²) in [6, 6.07) is 10.2. The van der Waals surface area contributed by atoms with Gasteiger partial charge in [0.05, 0.1) is 24.3 Å². The van der Waals surface area contributed by atoms with Crippen LogP contribution in [0.1, 0.15) is 55.6 Å². The van der Waals surface area contributed by atoms with E-state index in [1.54, 1.807) is 29.7 Å². The summed E-state index contributed by atoms with van der Waals surface area (Å²) in [5.41, 5.74) is -0.258. The van der Waals surface area contributed by atoms with Crippen molar-refractivity contribution in [3.63, 3.8) is 0 Å². The highest BCUT2D eigenvalue weighted by atomic mass is 19.1. The molecule has 3 amide bonds. The second-order valence-electron chi connectivity index (χ2n) is 9.86. The molecule has 2 N–H and O–H groups in total. The predicted molar refractivity (Wildman–Crippen MR) is 131 cm³/mol. The molecule has 2 aliphatic rings. The van der Waals surface area contributed by atoms with Gasteiger partial charge in [0.1, 0.15) is 22.9 Å². The van der Waals surface area contributed by atoms with Gasteiger partial charge in [0.15, 0.2) is 0 Å². The van der Waals surface area contributed by atoms with E-state index in [9.17, 15) is 23.2 Å². The van der Waals surface area contributed by atoms with Crippen LogP contribution in [-0.4, -0.2) is 38.8 Å². The van der Waals surface area contributed by atoms with Crippen LogP contribution in [-0.2, 0) is 22.7 Å². The molecule has 1 fully saturated rings. The molecule has 1 aliphatic heterocycles. The first-order valence-electron chi connectivity index (χ1n) is 12.1. The van der Waals surface area contributed by atoms with Gasteiger partial charge in [-0.2, -0.15) is 0 Å². The number of anilines is 1. The molecule has 5 rings (SSSR count). The Morgan fingerprint density at radius 2 is 1.83 bits per heavy atom. The van der Waals surface area contributed by atoms with E-state index in [2.05, 4.69) is 10.6 Å². The molecule has 0 bridgehead atoms. The monoisotopic (exact) mass is 494 g/mol. The van der Waals surface area contributed by atoms with E-state index in [4.69, 9.17) is 0 Å². The summed E-state index contributed by atoms with van der Waals surface area (Å²) < 4.78 is 30.5. The van der Waals surface area contributed by atoms with Gasteiger partial charge in [0.25, 0.3) is 5.91 Å². The SMILES string of the molecule is CC(=O)Nc1c2n(c3ccc(F)cc13)C[C@@](C)(C(=O)NC1CCCC1)N(Cc1ccccc1F)C2=O. The van der Waals surface area contributed by atoms with Gasteiger partial charge < -0.3 is 20.1 Å². The van der Waals surface area contributed by atoms with Crippen molar-refractivity contribution in [2.24, 2.45) is 0 Å². The number of benzene rings is 2. The second-order valence-corrected chi connectivity index (χ2v) is 9.86. The number of fused-ring (bicyclic) bond motifs is 3. The van der Waals surface area contributed by atoms with Gasteiger partial charge in [-0.15, -0.1) is 0 Å². The van der Waals surface area contributed by atoms with Gasteiger partial charge in [0, 0.05) is 23.9 Å². The van der Waals surface area contributed by atoms with Crippen LogP contribution in [0.3, 0.4) is 0 Å². The number of carbonyl (C=O) groups is 3. The highest BCUT2D eigenvalue weighted by molar-refractivity contribution is 6.14. The lowest BCUT2D eigenvalue weighted by Gasteiger charge is -2.44. The Balaban J connectivity index is 1.67. The van der Waals surface area contributed by atoms with E-state index in [1.807, 2.05) is 0 Å². The highest BCUT2D eigenvalue weighted by Gasteiger charge is 2.49. The molecule has 1 aromatic heterocycles. The maximum atomic E-state index is 14.7. The van der Waals surface area contributed by atoms with Crippen LogP contribution >= 0.6 is 0 Å². The van der Waals surface area contributed by atoms with Crippen LogP contribution in [0.4, 0.5) is 14.5 Å². The minimum Gasteiger partial charge on any atom is -0.351 e. The lowest BCUT2D eigenvalue weighted by molar-refractivity contribution is -0.133. The number of carbonyl (C=O) groups excluding carboxylic acids is 3. The van der Waals surface area contributed by atoms with E-state index in [0.717, 1.165) is 25.7 Å². The van der Waals surface area contributed by atoms with Crippen molar-refractivity contribution in [1.29, 1.82) is 0 Å². The standard InChI is InChI=1S/C27H28F2N4O3/c1-16(34)30-23-20-13-18(28)11-12-22(20)32-15-27(2,26(36)31-19-8-4-5-9-19)33(25(35)24(23)32)14-17-7-3-6-10-21(17)29/h3,6-7,10-13,19H,4-5,8-9,14-15H2,1-2H3,(H,30,34)(H,31,36)/t27-/m0/s1. The Hall–Kier alpha value is -3.75. The van der Waals surface area contributed by atoms with Crippen molar-refractivity contribution >= 4 is 34.3 Å². The molecule has 1 atom stereocenters. The normalized spacial score (nSPS) is 20.0. The Bertz CT molecular complexity index is 1380. The van der Waals surface area contributed by atoms with Crippen molar-refractivity contribution in [3.05, 3.63) is 65.4 Å². The van der Waals surface area contributed by atoms with E-state index >= 15 is 0 Å². The second kappa shape index (κ2) is 9.04. The molecule has 0 radical (unpaired) electrons. The van der Waals surface area contributed by atoms with Crippen LogP contribution in [0, 0.1) is 11.6 Å². The van der Waals surface area contributed by atoms with Crippen molar-refractivity contribution in [2.75, 3.05) is 5.32 Å². The summed E-state index contributed by atoms with van der Waals surface area (Å²) >= 11 is 0. The maximum absolute atomic E-state index is 14.7. The molecule has 0 spiro atoms. The van der Waals surface area contributed by atoms with Gasteiger partial charge in [-0.05, 0) is 44.0 Å². The van der Waals surface area contributed by atoms with Gasteiger partial charge in [-0.3, -0.25) is 14.4 Å². The third-order valence-electron chi connectivity index (χ3n) is 7.30. The van der Waals surface area contributed by atoms with E-state index in [0.29, 0.717) is 10.9 Å². The maximum Gasteiger partial charge on any atom is 0.273 e. The summed E-state index contributed by atoms with van der Waals surface area (Å²) in [5.74, 6) is -2.30. The summed E-state index contributed by atoms with van der Waals surface area (Å²) in [4.78, 5) is 41.2. The molecule has 9 heteroatoms. The van der Waals surface area contributed by atoms with Crippen molar-refractivity contribution in [2.45, 2.75) is 64.2 Å². The fourth-order valence-corrected chi connectivity index (χ4v) is 5.41. The minimum absolute atomic E-state index is 0.0200. The van der Waals surface area contributed by atoms with Crippen LogP contribution in [0.25, 0.3) is 10.9 Å². The molecule has 36 heavy (non-hydrogen) atoms. The number of hydrogen-bond acceptors (Lipinski definition) is 3. The van der Waals surface area contributed by atoms with Crippen LogP contribution in [0.2, 0.25) is 0 Å². The van der Waals surface area contributed by atoms with Crippen LogP contribution < -0.4 is 10.6 Å². The van der Waals surface area contributed by atoms with Crippen molar-refractivity contribution < 1.29 is 23.2 Å². The molecule has 1 aliphatic carbocycles. The minimum atomic E-state index is -1.36. The lowest BCUT2D eigenvalue weighted by Crippen LogP contribution is -2.64. The number of aromatic nitrogens is 1. The Morgan fingerprint density at radius 3 is 2.53 bits per heavy atom. The van der Waals surface area contributed by atoms with Crippen LogP contribution in [0.5, 0.6) is 0 Å². The third-order valence-corrected chi connectivity index (χ3v) is 7.30. The topological polar surface area (TPSA) is 83.4 Å². The van der Waals surface area contributed by atoms with Crippen LogP contribution in [0.15, 0.2) is 42.5 Å². The number of halogens is 2. The quantitative estimate of drug-likeness (QED) is 0.553. The van der Waals surface area contributed by atoms with E-state index < -0.39 is 29.0 Å². The Morgan fingerprint density at radius 1 is 1.11 bits per heavy atom. The van der Waals surface area contributed by atoms with E-state index in [-0.39, 0.29) is 42.0 Å². The van der Waals surface area contributed by atoms with Gasteiger partial charge in [-0.1, -0.05) is 31.0 Å². The molecule has 1 saturated carbocycles. The zero-order valence-corrected chi connectivity index (χ0v) is 20.2. The number of rotatable bonds is 5. The molecular weight excluding hydrogens is 466 g/mol. The largest absolute Gasteiger partial charge is 0.351 e. The number of nitrogens with one attached hydrogen (secondary N) is 2. The highest BCUT2D eigenvalue weighted by Crippen LogP contribution is 2.40. The smallest absolute Gasteiger partial charge is 0.273 e. The zero-order chi connectivity index (χ0) is 25.6. The summed E-state index contributed by atoms with van der Waals surface area (Å²) in [6.45, 7) is 2.89. The fourth-order valence-electron chi connectivity index (χ4n) is 5.41. The molecule has 7 nitrogen and oxygen atoms in total. The number of hydrogen-bond donors (Lipinski definition) is 2. The summed E-state index contributed by atoms with van der Waals surface area (Å²) in [6.07, 6.45) is 3.79. The molecular formula is C27H28F2N4O3. The predicted octanol–water partition coefficient (Wildman–Crippen LogP) is 4.35. The Kier molecular flexibility index (Phi) is 6.02. The number of nitrogens with zero attached hydrogens (tertiary/aromatic N) is 2. The van der Waals surface area contributed by atoms with Crippen molar-refractivity contribution in [1.82, 2.24) is 14.8 Å². The Labute approximate surface area is 207 Å². The third kappa shape index (κ3) is 4.02. The summed E-state index contributed by atoms with van der Waals surface area (Å²) in [5, 5.41) is 6.13. The van der Waals surface area contributed by atoms with Gasteiger partial charge >= 0.3 is 0 Å². The average molecular weight is 495 g/mol. The first kappa shape index (κ1) is 24.0. The molecule has 0 saturated heterocycles. The average Bonchev–Trinajstić information content (AvgIpc) is 3.44. The molecule has 0 unspecified atom stereocenters. The first-order valence-corrected chi connectivity index (χ1v) is 12.1. The zero-order valence-electron chi connectivity index (χ0n) is 20.2. The van der Waals surface area contributed by atoms with E-state index in [1.165, 1.54) is 36.1 Å². The molecule has 3 aromatic rings. The van der Waals surface area contributed by atoms with Gasteiger partial charge in [-0.25, -0.2) is 8.78 Å². The molecule has 2 heterocycles. The number of amides is 3. The molecule has 188 valence electrons. The van der Waals surface area contributed by atoms with Gasteiger partial charge in [0.2, 0.25) is 11.8 Å². The summed E-state index contributed by atoms with van der Waals surface area (Å²) in [7, 11) is 0. The molecule has 2 aromatic carbocycles. The first-order chi connectivity index (χ1) is 17.2. The lowest BCUT2D eigenvalue weighted by atomic mass is 9.93. The fraction of sp³-hybridized carbons (Fsp3) is 0.370.